The van der Waals surface area contributed by atoms with Crippen LogP contribution in [0.25, 0.3) is 0 Å². The molecule has 0 bridgehead atoms. The topological polar surface area (TPSA) is 47.9 Å². The van der Waals surface area contributed by atoms with Gasteiger partial charge in [-0.15, -0.1) is 0 Å². The third-order valence-corrected chi connectivity index (χ3v) is 2.45. The van der Waals surface area contributed by atoms with Gasteiger partial charge in [0, 0.05) is 18.3 Å². The van der Waals surface area contributed by atoms with E-state index in [4.69, 9.17) is 5.26 Å². The van der Waals surface area contributed by atoms with Crippen LogP contribution in [0.3, 0.4) is 0 Å². The van der Waals surface area contributed by atoms with Crippen LogP contribution in [0.5, 0.6) is 0 Å². The second-order valence-electron chi connectivity index (χ2n) is 3.52. The van der Waals surface area contributed by atoms with E-state index in [1.165, 1.54) is 6.42 Å². The minimum absolute atomic E-state index is 0.530. The molecule has 1 fully saturated rings. The Morgan fingerprint density at radius 1 is 1.36 bits per heavy atom. The van der Waals surface area contributed by atoms with Gasteiger partial charge >= 0.3 is 0 Å². The molecule has 1 aliphatic rings. The molecule has 0 spiro atoms. The van der Waals surface area contributed by atoms with Gasteiger partial charge in [-0.2, -0.15) is 5.26 Å². The summed E-state index contributed by atoms with van der Waals surface area (Å²) in [6.45, 7) is 2.12. The number of hydrogen-bond acceptors (Lipinski definition) is 3. The zero-order valence-corrected chi connectivity index (χ0v) is 7.96. The Morgan fingerprint density at radius 2 is 2.14 bits per heavy atom. The number of nitrogens with zero attached hydrogens (tertiary/aromatic N) is 1. The summed E-state index contributed by atoms with van der Waals surface area (Å²) in [7, 11) is 0. The molecule has 1 atom stereocenters. The highest BCUT2D eigenvalue weighted by Gasteiger charge is 2.13. The highest BCUT2D eigenvalue weighted by molar-refractivity contribution is 5.48. The van der Waals surface area contributed by atoms with E-state index in [0.717, 1.165) is 18.8 Å². The number of hydrogen-bond donors (Lipinski definition) is 2. The Morgan fingerprint density at radius 3 is 2.71 bits per heavy atom. The van der Waals surface area contributed by atoms with Crippen molar-refractivity contribution in [2.75, 3.05) is 18.4 Å². The summed E-state index contributed by atoms with van der Waals surface area (Å²) in [4.78, 5) is 0. The molecule has 0 saturated carbocycles. The number of nitrogens with one attached hydrogen (secondary N) is 2. The van der Waals surface area contributed by atoms with Crippen molar-refractivity contribution in [1.82, 2.24) is 5.32 Å². The lowest BCUT2D eigenvalue weighted by atomic mass is 10.2. The maximum atomic E-state index is 8.63. The summed E-state index contributed by atoms with van der Waals surface area (Å²) >= 11 is 0. The van der Waals surface area contributed by atoms with E-state index in [0.29, 0.717) is 11.6 Å². The van der Waals surface area contributed by atoms with Crippen molar-refractivity contribution in [3.8, 4) is 6.07 Å². The number of nitriles is 1. The minimum Gasteiger partial charge on any atom is -0.381 e. The molecule has 0 radical (unpaired) electrons. The van der Waals surface area contributed by atoms with Gasteiger partial charge < -0.3 is 10.6 Å². The molecule has 1 saturated heterocycles. The smallest absolute Gasteiger partial charge is 0.0991 e. The van der Waals surface area contributed by atoms with E-state index in [1.807, 2.05) is 24.3 Å². The Balaban J connectivity index is 1.99. The lowest BCUT2D eigenvalue weighted by Gasteiger charge is -2.12. The summed E-state index contributed by atoms with van der Waals surface area (Å²) < 4.78 is 0. The van der Waals surface area contributed by atoms with Gasteiger partial charge in [0.05, 0.1) is 11.6 Å². The highest BCUT2D eigenvalue weighted by Crippen LogP contribution is 2.12. The molecule has 1 unspecified atom stereocenters. The van der Waals surface area contributed by atoms with Crippen LogP contribution in [0.15, 0.2) is 24.3 Å². The average Bonchev–Trinajstić information content (AvgIpc) is 2.72. The van der Waals surface area contributed by atoms with E-state index in [1.54, 1.807) is 0 Å². The zero-order chi connectivity index (χ0) is 9.80. The first-order valence-electron chi connectivity index (χ1n) is 4.86. The standard InChI is InChI=1S/C11H13N3/c12-7-9-1-3-10(4-2-9)14-11-5-6-13-8-11/h1-4,11,13-14H,5-6,8H2. The van der Waals surface area contributed by atoms with Crippen LogP contribution >= 0.6 is 0 Å². The highest BCUT2D eigenvalue weighted by atomic mass is 15.0. The number of benzene rings is 1. The molecular formula is C11H13N3. The molecule has 1 aromatic rings. The molecule has 1 heterocycles. The molecule has 3 heteroatoms. The summed E-state index contributed by atoms with van der Waals surface area (Å²) in [5.41, 5.74) is 1.80. The quantitative estimate of drug-likeness (QED) is 0.734. The average molecular weight is 187 g/mol. The first-order valence-corrected chi connectivity index (χ1v) is 4.86. The molecule has 72 valence electrons. The van der Waals surface area contributed by atoms with Gasteiger partial charge in [0.15, 0.2) is 0 Å². The molecule has 1 aromatic carbocycles. The third-order valence-electron chi connectivity index (χ3n) is 2.45. The first kappa shape index (κ1) is 9.04. The van der Waals surface area contributed by atoms with Gasteiger partial charge in [0.2, 0.25) is 0 Å². The van der Waals surface area contributed by atoms with Crippen molar-refractivity contribution in [3.63, 3.8) is 0 Å². The largest absolute Gasteiger partial charge is 0.381 e. The zero-order valence-electron chi connectivity index (χ0n) is 7.96. The Bertz CT molecular complexity index is 331. The summed E-state index contributed by atoms with van der Waals surface area (Å²) in [6.07, 6.45) is 1.17. The molecule has 3 nitrogen and oxygen atoms in total. The molecule has 1 aliphatic heterocycles. The van der Waals surface area contributed by atoms with Gasteiger partial charge in [-0.3, -0.25) is 0 Å². The fourth-order valence-electron chi connectivity index (χ4n) is 1.65. The lowest BCUT2D eigenvalue weighted by molar-refractivity contribution is 0.793. The van der Waals surface area contributed by atoms with Gasteiger partial charge in [0.1, 0.15) is 0 Å². The van der Waals surface area contributed by atoms with Crippen LogP contribution in [0.4, 0.5) is 5.69 Å². The lowest BCUT2D eigenvalue weighted by Crippen LogP contribution is -2.21. The van der Waals surface area contributed by atoms with E-state index in [9.17, 15) is 0 Å². The van der Waals surface area contributed by atoms with E-state index >= 15 is 0 Å². The molecule has 0 aromatic heterocycles. The first-order chi connectivity index (χ1) is 6.88. The van der Waals surface area contributed by atoms with Crippen LogP contribution in [0.1, 0.15) is 12.0 Å². The predicted molar refractivity (Wildman–Crippen MR) is 56.1 cm³/mol. The van der Waals surface area contributed by atoms with Gasteiger partial charge in [0.25, 0.3) is 0 Å². The van der Waals surface area contributed by atoms with Crippen molar-refractivity contribution in [2.24, 2.45) is 0 Å². The summed E-state index contributed by atoms with van der Waals surface area (Å²) in [5, 5.41) is 15.4. The number of rotatable bonds is 2. The molecular weight excluding hydrogens is 174 g/mol. The second-order valence-corrected chi connectivity index (χ2v) is 3.52. The van der Waals surface area contributed by atoms with E-state index in [-0.39, 0.29) is 0 Å². The van der Waals surface area contributed by atoms with Crippen LogP contribution < -0.4 is 10.6 Å². The van der Waals surface area contributed by atoms with E-state index in [2.05, 4.69) is 16.7 Å². The molecule has 0 aliphatic carbocycles. The Kier molecular flexibility index (Phi) is 2.66. The van der Waals surface area contributed by atoms with Crippen molar-refractivity contribution >= 4 is 5.69 Å². The minimum atomic E-state index is 0.530. The molecule has 14 heavy (non-hydrogen) atoms. The van der Waals surface area contributed by atoms with Crippen LogP contribution in [0.2, 0.25) is 0 Å². The van der Waals surface area contributed by atoms with E-state index < -0.39 is 0 Å². The van der Waals surface area contributed by atoms with Crippen molar-refractivity contribution in [1.29, 1.82) is 5.26 Å². The summed E-state index contributed by atoms with van der Waals surface area (Å²) in [5.74, 6) is 0. The van der Waals surface area contributed by atoms with Gasteiger partial charge in [-0.25, -0.2) is 0 Å². The third kappa shape index (κ3) is 2.04. The molecule has 0 amide bonds. The van der Waals surface area contributed by atoms with Gasteiger partial charge in [-0.05, 0) is 37.2 Å². The predicted octanol–water partition coefficient (Wildman–Crippen LogP) is 1.33. The molecule has 2 N–H and O–H groups in total. The Labute approximate surface area is 83.7 Å². The fourth-order valence-corrected chi connectivity index (χ4v) is 1.65. The van der Waals surface area contributed by atoms with Gasteiger partial charge in [-0.1, -0.05) is 0 Å². The van der Waals surface area contributed by atoms with Crippen LogP contribution in [-0.4, -0.2) is 19.1 Å². The summed E-state index contributed by atoms with van der Waals surface area (Å²) in [6, 6.07) is 10.2. The number of anilines is 1. The van der Waals surface area contributed by atoms with Crippen molar-refractivity contribution in [2.45, 2.75) is 12.5 Å². The van der Waals surface area contributed by atoms with Crippen LogP contribution in [0, 0.1) is 11.3 Å². The SMILES string of the molecule is N#Cc1ccc(NC2CCNC2)cc1. The fraction of sp³-hybridized carbons (Fsp3) is 0.364. The molecule has 2 rings (SSSR count). The second kappa shape index (κ2) is 4.12. The maximum absolute atomic E-state index is 8.63. The normalized spacial score (nSPS) is 20.4. The van der Waals surface area contributed by atoms with Crippen LogP contribution in [-0.2, 0) is 0 Å². The van der Waals surface area contributed by atoms with Crippen molar-refractivity contribution in [3.05, 3.63) is 29.8 Å². The van der Waals surface area contributed by atoms with Crippen molar-refractivity contribution < 1.29 is 0 Å². The maximum Gasteiger partial charge on any atom is 0.0991 e. The Hall–Kier alpha value is -1.53. The monoisotopic (exact) mass is 187 g/mol.